The predicted molar refractivity (Wildman–Crippen MR) is 52.7 cm³/mol. The molecule has 1 saturated heterocycles. The van der Waals surface area contributed by atoms with Gasteiger partial charge in [0.1, 0.15) is 5.78 Å². The van der Waals surface area contributed by atoms with Gasteiger partial charge in [0, 0.05) is 18.9 Å². The summed E-state index contributed by atoms with van der Waals surface area (Å²) < 4.78 is 0. The molecule has 0 amide bonds. The Labute approximate surface area is 80.3 Å². The average molecular weight is 181 g/mol. The molecule has 1 aliphatic carbocycles. The fraction of sp³-hybridized carbons (Fsp3) is 0.909. The summed E-state index contributed by atoms with van der Waals surface area (Å²) in [5.74, 6) is 0.480. The SMILES string of the molecule is O=C1CCC(N2CCCCC2)CC1. The largest absolute Gasteiger partial charge is 0.300 e. The van der Waals surface area contributed by atoms with Crippen LogP contribution in [0.1, 0.15) is 44.9 Å². The Balaban J connectivity index is 1.82. The molecule has 0 radical (unpaired) electrons. The van der Waals surface area contributed by atoms with Crippen LogP contribution in [0, 0.1) is 0 Å². The van der Waals surface area contributed by atoms with Crippen LogP contribution in [0.3, 0.4) is 0 Å². The van der Waals surface area contributed by atoms with Crippen molar-refractivity contribution in [3.8, 4) is 0 Å². The molecule has 0 N–H and O–H groups in total. The first-order chi connectivity index (χ1) is 6.36. The number of hydrogen-bond donors (Lipinski definition) is 0. The molecule has 2 aliphatic rings. The van der Waals surface area contributed by atoms with Crippen LogP contribution in [0.15, 0.2) is 0 Å². The van der Waals surface area contributed by atoms with Crippen molar-refractivity contribution in [1.82, 2.24) is 4.90 Å². The second-order valence-electron chi connectivity index (χ2n) is 4.37. The lowest BCUT2D eigenvalue weighted by atomic mass is 9.92. The minimum Gasteiger partial charge on any atom is -0.300 e. The monoisotopic (exact) mass is 181 g/mol. The number of piperidine rings is 1. The zero-order valence-corrected chi connectivity index (χ0v) is 8.30. The third kappa shape index (κ3) is 2.31. The fourth-order valence-electron chi connectivity index (χ4n) is 2.57. The van der Waals surface area contributed by atoms with Gasteiger partial charge in [0.05, 0.1) is 0 Å². The van der Waals surface area contributed by atoms with E-state index in [-0.39, 0.29) is 0 Å². The molecule has 1 heterocycles. The molecule has 0 unspecified atom stereocenters. The summed E-state index contributed by atoms with van der Waals surface area (Å²) in [5, 5.41) is 0. The first kappa shape index (κ1) is 9.20. The van der Waals surface area contributed by atoms with E-state index in [0.29, 0.717) is 5.78 Å². The smallest absolute Gasteiger partial charge is 0.133 e. The Morgan fingerprint density at radius 1 is 1.00 bits per heavy atom. The van der Waals surface area contributed by atoms with Crippen molar-refractivity contribution in [3.05, 3.63) is 0 Å². The van der Waals surface area contributed by atoms with Crippen LogP contribution in [0.5, 0.6) is 0 Å². The third-order valence-electron chi connectivity index (χ3n) is 3.42. The molecule has 13 heavy (non-hydrogen) atoms. The normalized spacial score (nSPS) is 27.8. The summed E-state index contributed by atoms with van der Waals surface area (Å²) in [7, 11) is 0. The molecular weight excluding hydrogens is 162 g/mol. The molecule has 2 nitrogen and oxygen atoms in total. The Kier molecular flexibility index (Phi) is 2.99. The molecule has 1 aliphatic heterocycles. The lowest BCUT2D eigenvalue weighted by molar-refractivity contribution is -0.121. The van der Waals surface area contributed by atoms with Crippen molar-refractivity contribution < 1.29 is 4.79 Å². The Morgan fingerprint density at radius 2 is 1.62 bits per heavy atom. The van der Waals surface area contributed by atoms with Gasteiger partial charge < -0.3 is 4.90 Å². The first-order valence-electron chi connectivity index (χ1n) is 5.62. The molecule has 0 aromatic heterocycles. The van der Waals surface area contributed by atoms with Crippen LogP contribution in [0.4, 0.5) is 0 Å². The van der Waals surface area contributed by atoms with Gasteiger partial charge >= 0.3 is 0 Å². The first-order valence-corrected chi connectivity index (χ1v) is 5.62. The maximum Gasteiger partial charge on any atom is 0.133 e. The maximum absolute atomic E-state index is 11.1. The molecule has 0 aromatic carbocycles. The summed E-state index contributed by atoms with van der Waals surface area (Å²) >= 11 is 0. The highest BCUT2D eigenvalue weighted by atomic mass is 16.1. The molecule has 2 fully saturated rings. The van der Waals surface area contributed by atoms with E-state index in [1.165, 1.54) is 32.4 Å². The van der Waals surface area contributed by atoms with Crippen molar-refractivity contribution in [2.24, 2.45) is 0 Å². The number of carbonyl (C=O) groups excluding carboxylic acids is 1. The molecule has 2 rings (SSSR count). The molecular formula is C11H19NO. The van der Waals surface area contributed by atoms with Crippen molar-refractivity contribution in [2.45, 2.75) is 51.0 Å². The number of Topliss-reactive ketones (excluding diaryl/α,β-unsaturated/α-hetero) is 1. The van der Waals surface area contributed by atoms with Gasteiger partial charge in [0.2, 0.25) is 0 Å². The van der Waals surface area contributed by atoms with Crippen LogP contribution < -0.4 is 0 Å². The van der Waals surface area contributed by atoms with Gasteiger partial charge in [-0.05, 0) is 38.8 Å². The van der Waals surface area contributed by atoms with Gasteiger partial charge in [0.25, 0.3) is 0 Å². The van der Waals surface area contributed by atoms with Crippen LogP contribution in [-0.2, 0) is 4.79 Å². The average Bonchev–Trinajstić information content (AvgIpc) is 2.20. The number of ketones is 1. The van der Waals surface area contributed by atoms with Crippen molar-refractivity contribution in [3.63, 3.8) is 0 Å². The number of rotatable bonds is 1. The van der Waals surface area contributed by atoms with Crippen molar-refractivity contribution >= 4 is 5.78 Å². The lowest BCUT2D eigenvalue weighted by Gasteiger charge is -2.36. The van der Waals surface area contributed by atoms with Crippen molar-refractivity contribution in [1.29, 1.82) is 0 Å². The Hall–Kier alpha value is -0.370. The van der Waals surface area contributed by atoms with E-state index in [9.17, 15) is 4.79 Å². The van der Waals surface area contributed by atoms with E-state index in [1.807, 2.05) is 0 Å². The summed E-state index contributed by atoms with van der Waals surface area (Å²) in [6, 6.07) is 0.734. The zero-order chi connectivity index (χ0) is 9.10. The quantitative estimate of drug-likeness (QED) is 0.616. The van der Waals surface area contributed by atoms with Gasteiger partial charge in [0.15, 0.2) is 0 Å². The van der Waals surface area contributed by atoms with E-state index in [4.69, 9.17) is 0 Å². The van der Waals surface area contributed by atoms with E-state index < -0.39 is 0 Å². The van der Waals surface area contributed by atoms with Crippen LogP contribution in [0.2, 0.25) is 0 Å². The summed E-state index contributed by atoms with van der Waals surface area (Å²) in [6.07, 6.45) is 8.05. The minimum absolute atomic E-state index is 0.480. The summed E-state index contributed by atoms with van der Waals surface area (Å²) in [4.78, 5) is 13.7. The van der Waals surface area contributed by atoms with Gasteiger partial charge in [-0.15, -0.1) is 0 Å². The standard InChI is InChI=1S/C11H19NO/c13-11-6-4-10(5-7-11)12-8-2-1-3-9-12/h10H,1-9H2. The maximum atomic E-state index is 11.1. The van der Waals surface area contributed by atoms with Crippen molar-refractivity contribution in [2.75, 3.05) is 13.1 Å². The van der Waals surface area contributed by atoms with Gasteiger partial charge in [-0.3, -0.25) is 4.79 Å². The second kappa shape index (κ2) is 4.23. The highest BCUT2D eigenvalue weighted by molar-refractivity contribution is 5.79. The number of nitrogens with zero attached hydrogens (tertiary/aromatic N) is 1. The summed E-state index contributed by atoms with van der Waals surface area (Å²) in [6.45, 7) is 2.55. The topological polar surface area (TPSA) is 20.3 Å². The van der Waals surface area contributed by atoms with E-state index in [0.717, 1.165) is 31.7 Å². The highest BCUT2D eigenvalue weighted by Gasteiger charge is 2.24. The molecule has 0 bridgehead atoms. The molecule has 1 saturated carbocycles. The van der Waals surface area contributed by atoms with Gasteiger partial charge in [-0.25, -0.2) is 0 Å². The second-order valence-corrected chi connectivity index (χ2v) is 4.37. The summed E-state index contributed by atoms with van der Waals surface area (Å²) in [5.41, 5.74) is 0. The third-order valence-corrected chi connectivity index (χ3v) is 3.42. The fourth-order valence-corrected chi connectivity index (χ4v) is 2.57. The number of hydrogen-bond acceptors (Lipinski definition) is 2. The molecule has 0 atom stereocenters. The van der Waals surface area contributed by atoms with Crippen LogP contribution in [-0.4, -0.2) is 29.8 Å². The lowest BCUT2D eigenvalue weighted by Crippen LogP contribution is -2.41. The zero-order valence-electron chi connectivity index (χ0n) is 8.30. The molecule has 0 aromatic rings. The van der Waals surface area contributed by atoms with E-state index in [1.54, 1.807) is 0 Å². The van der Waals surface area contributed by atoms with Crippen LogP contribution >= 0.6 is 0 Å². The molecule has 74 valence electrons. The highest BCUT2D eigenvalue weighted by Crippen LogP contribution is 2.23. The number of carbonyl (C=O) groups is 1. The molecule has 0 spiro atoms. The predicted octanol–water partition coefficient (Wildman–Crippen LogP) is 1.98. The molecule has 2 heteroatoms. The van der Waals surface area contributed by atoms with Gasteiger partial charge in [-0.2, -0.15) is 0 Å². The Morgan fingerprint density at radius 3 is 2.23 bits per heavy atom. The van der Waals surface area contributed by atoms with E-state index in [2.05, 4.69) is 4.90 Å². The van der Waals surface area contributed by atoms with Crippen LogP contribution in [0.25, 0.3) is 0 Å². The Bertz CT molecular complexity index is 175. The van der Waals surface area contributed by atoms with E-state index >= 15 is 0 Å². The van der Waals surface area contributed by atoms with Gasteiger partial charge in [-0.1, -0.05) is 6.42 Å². The number of likely N-dealkylation sites (tertiary alicyclic amines) is 1. The minimum atomic E-state index is 0.480.